The van der Waals surface area contributed by atoms with Crippen molar-refractivity contribution in [1.82, 2.24) is 0 Å². The van der Waals surface area contributed by atoms with Crippen LogP contribution in [0.15, 0.2) is 0 Å². The van der Waals surface area contributed by atoms with Gasteiger partial charge in [0.15, 0.2) is 22.1 Å². The minimum atomic E-state index is -3.10. The molecular weight excluding hydrogens is 713 g/mol. The van der Waals surface area contributed by atoms with E-state index in [2.05, 4.69) is 164 Å². The molecular formula is C25H78O3Si13. The van der Waals surface area contributed by atoms with E-state index in [4.69, 9.17) is 0 Å². The molecule has 3 N–H and O–H groups in total. The summed E-state index contributed by atoms with van der Waals surface area (Å²) in [7, 11) is -20.1. The molecule has 0 aromatic heterocycles. The summed E-state index contributed by atoms with van der Waals surface area (Å²) in [6.45, 7) is 54.4. The zero-order valence-corrected chi connectivity index (χ0v) is 45.8. The van der Waals surface area contributed by atoms with Crippen molar-refractivity contribution in [3.8, 4) is 0 Å². The Kier molecular flexibility index (Phi) is 12.2. The molecule has 0 aromatic rings. The molecule has 0 aliphatic heterocycles. The summed E-state index contributed by atoms with van der Waals surface area (Å²) in [4.78, 5) is 42.8. The smallest absolute Gasteiger partial charge is 0.156 e. The normalized spacial score (nSPS) is 20.8. The molecule has 0 heterocycles. The Morgan fingerprint density at radius 1 is 0.195 bits per heavy atom. The number of hydrogen-bond acceptors (Lipinski definition) is 3. The first-order valence-corrected chi connectivity index (χ1v) is 66.5. The minimum absolute atomic E-state index is 1.81. The molecule has 3 nitrogen and oxygen atoms in total. The topological polar surface area (TPSA) is 60.7 Å². The standard InChI is InChI=1S/C25H78O3Si13/c1-29(2,3)38(22,30(4,5)6)35(19,26)41(25,36(20,27)39(23,31(7,8)9)32(10,11)12)37(21,28)40(24,33(13,14)15)34(16,17)18/h26-28H,1-25H3/t35-,36-,37-/m1/s1. The summed E-state index contributed by atoms with van der Waals surface area (Å²) in [5.74, 6) is 0. The van der Waals surface area contributed by atoms with Crippen molar-refractivity contribution in [3.63, 3.8) is 0 Å². The van der Waals surface area contributed by atoms with Crippen LogP contribution in [0.1, 0.15) is 0 Å². The zero-order valence-electron chi connectivity index (χ0n) is 32.8. The van der Waals surface area contributed by atoms with Gasteiger partial charge in [-0.1, -0.05) is 164 Å². The molecule has 248 valence electrons. The Bertz CT molecular complexity index is 791. The first-order chi connectivity index (χ1) is 17.0. The van der Waals surface area contributed by atoms with E-state index in [9.17, 15) is 14.4 Å². The van der Waals surface area contributed by atoms with E-state index in [0.29, 0.717) is 0 Å². The van der Waals surface area contributed by atoms with E-state index in [1.807, 2.05) is 0 Å². The van der Waals surface area contributed by atoms with Gasteiger partial charge >= 0.3 is 0 Å². The fourth-order valence-corrected chi connectivity index (χ4v) is 520. The fourth-order valence-electron chi connectivity index (χ4n) is 10.7. The van der Waals surface area contributed by atoms with Crippen LogP contribution in [0.25, 0.3) is 0 Å². The lowest BCUT2D eigenvalue weighted by Crippen LogP contribution is -3.08. The largest absolute Gasteiger partial charge is 0.438 e. The van der Waals surface area contributed by atoms with Gasteiger partial charge in [0, 0.05) is 45.5 Å². The van der Waals surface area contributed by atoms with E-state index >= 15 is 0 Å². The van der Waals surface area contributed by atoms with E-state index in [0.717, 1.165) is 0 Å². The van der Waals surface area contributed by atoms with E-state index in [1.54, 1.807) is 0 Å². The van der Waals surface area contributed by atoms with Crippen molar-refractivity contribution in [3.05, 3.63) is 0 Å². The molecule has 0 spiro atoms. The number of rotatable bonds is 12. The molecule has 0 amide bonds. The van der Waals surface area contributed by atoms with Crippen LogP contribution in [0, 0.1) is 0 Å². The molecule has 16 heteroatoms. The van der Waals surface area contributed by atoms with Gasteiger partial charge in [-0.05, 0) is 0 Å². The molecule has 0 radical (unpaired) electrons. The SMILES string of the molecule is C[Si](C)(C)[Si](C)([Si](C)(C)C)[Si@@](C)(O)[Si](C)([Si@](C)(O)[Si](C)([Si](C)(C)C)[Si](C)(C)C)[Si@](C)(O)[Si](C)([Si](C)(C)C)[Si](C)(C)C. The Labute approximate surface area is 270 Å². The third kappa shape index (κ3) is 5.77. The second kappa shape index (κ2) is 11.4. The quantitative estimate of drug-likeness (QED) is 0.176. The van der Waals surface area contributed by atoms with Gasteiger partial charge in [-0.3, -0.25) is 0 Å². The van der Waals surface area contributed by atoms with Crippen molar-refractivity contribution in [2.24, 2.45) is 0 Å². The maximum absolute atomic E-state index is 14.3. The van der Waals surface area contributed by atoms with Gasteiger partial charge in [0.2, 0.25) is 0 Å². The summed E-state index contributed by atoms with van der Waals surface area (Å²) < 4.78 is 0. The molecule has 0 saturated heterocycles. The maximum atomic E-state index is 14.3. The second-order valence-corrected chi connectivity index (χ2v) is 167. The molecule has 0 aliphatic carbocycles. The van der Waals surface area contributed by atoms with Crippen molar-refractivity contribution >= 4 is 94.1 Å². The van der Waals surface area contributed by atoms with Crippen molar-refractivity contribution < 1.29 is 14.4 Å². The van der Waals surface area contributed by atoms with Gasteiger partial charge in [-0.15, -0.1) is 0 Å². The van der Waals surface area contributed by atoms with Crippen LogP contribution in [0.3, 0.4) is 0 Å². The van der Waals surface area contributed by atoms with Gasteiger partial charge in [0.05, 0.1) is 19.9 Å². The van der Waals surface area contributed by atoms with Crippen LogP contribution in [-0.4, -0.2) is 108 Å². The highest BCUT2D eigenvalue weighted by atomic mass is 30.4. The van der Waals surface area contributed by atoms with Crippen LogP contribution < -0.4 is 0 Å². The molecule has 0 bridgehead atoms. The van der Waals surface area contributed by atoms with Gasteiger partial charge in [0.1, 0.15) is 6.63 Å². The highest BCUT2D eigenvalue weighted by Crippen LogP contribution is 2.53. The van der Waals surface area contributed by atoms with Gasteiger partial charge < -0.3 is 14.4 Å². The van der Waals surface area contributed by atoms with Crippen LogP contribution in [0.2, 0.25) is 164 Å². The van der Waals surface area contributed by atoms with E-state index in [-0.39, 0.29) is 0 Å². The third-order valence-corrected chi connectivity index (χ3v) is 321. The highest BCUT2D eigenvalue weighted by Gasteiger charge is 2.86. The average molecular weight is 792 g/mol. The zero-order chi connectivity index (χ0) is 34.5. The van der Waals surface area contributed by atoms with Crippen molar-refractivity contribution in [1.29, 1.82) is 0 Å². The Morgan fingerprint density at radius 3 is 0.366 bits per heavy atom. The Morgan fingerprint density at radius 2 is 0.293 bits per heavy atom. The Balaban J connectivity index is 9.13. The summed E-state index contributed by atoms with van der Waals surface area (Å²) >= 11 is 0. The lowest BCUT2D eigenvalue weighted by Gasteiger charge is -2.72. The molecule has 0 aromatic carbocycles. The van der Waals surface area contributed by atoms with Crippen molar-refractivity contribution in [2.75, 3.05) is 0 Å². The molecule has 0 fully saturated rings. The van der Waals surface area contributed by atoms with Crippen LogP contribution in [0.5, 0.6) is 0 Å². The summed E-state index contributed by atoms with van der Waals surface area (Å²) in [6.07, 6.45) is 0. The predicted octanol–water partition coefficient (Wildman–Crippen LogP) is 7.97. The van der Waals surface area contributed by atoms with E-state index < -0.39 is 94.1 Å². The molecule has 41 heavy (non-hydrogen) atoms. The molecule has 0 saturated carbocycles. The summed E-state index contributed by atoms with van der Waals surface area (Å²) in [5.41, 5.74) is 0. The van der Waals surface area contributed by atoms with Gasteiger partial charge in [-0.25, -0.2) is 0 Å². The first kappa shape index (κ1) is 43.7. The minimum Gasteiger partial charge on any atom is -0.438 e. The van der Waals surface area contributed by atoms with E-state index in [1.165, 1.54) is 0 Å². The molecule has 0 unspecified atom stereocenters. The summed E-state index contributed by atoms with van der Waals surface area (Å²) in [5, 5.41) is 0. The predicted molar refractivity (Wildman–Crippen MR) is 228 cm³/mol. The maximum Gasteiger partial charge on any atom is 0.156 e. The summed E-state index contributed by atoms with van der Waals surface area (Å²) in [6, 6.07) is 0. The molecule has 0 aliphatic rings. The lowest BCUT2D eigenvalue weighted by atomic mass is 11.8. The van der Waals surface area contributed by atoms with Crippen LogP contribution in [0.4, 0.5) is 0 Å². The van der Waals surface area contributed by atoms with Crippen LogP contribution in [-0.2, 0) is 0 Å². The molecule has 3 atom stereocenters. The lowest BCUT2D eigenvalue weighted by molar-refractivity contribution is 0.566. The highest BCUT2D eigenvalue weighted by molar-refractivity contribution is 8.22. The number of hydrogen-bond donors (Lipinski definition) is 3. The second-order valence-electron chi connectivity index (χ2n) is 21.2. The van der Waals surface area contributed by atoms with Gasteiger partial charge in [0.25, 0.3) is 0 Å². The first-order valence-electron chi connectivity index (χ1n) is 16.2. The molecule has 0 rings (SSSR count). The van der Waals surface area contributed by atoms with Gasteiger partial charge in [-0.2, -0.15) is 0 Å². The monoisotopic (exact) mass is 790 g/mol. The third-order valence-electron chi connectivity index (χ3n) is 14.8. The average Bonchev–Trinajstić information content (AvgIpc) is 2.64. The van der Waals surface area contributed by atoms with Crippen molar-refractivity contribution in [2.45, 2.75) is 164 Å². The Hall–Kier alpha value is 2.70. The fraction of sp³-hybridized carbons (Fsp3) is 1.00. The van der Waals surface area contributed by atoms with Crippen LogP contribution >= 0.6 is 0 Å².